The molecule has 0 unspecified atom stereocenters. The van der Waals surface area contributed by atoms with E-state index in [4.69, 9.17) is 4.52 Å². The average Bonchev–Trinajstić information content (AvgIpc) is 2.87. The Labute approximate surface area is 115 Å². The number of nitrogens with zero attached hydrogens (tertiary/aromatic N) is 3. The molecule has 0 bridgehead atoms. The molecule has 1 N–H and O–H groups in total. The van der Waals surface area contributed by atoms with Crippen LogP contribution in [0.1, 0.15) is 17.0 Å². The van der Waals surface area contributed by atoms with Crippen LogP contribution < -0.4 is 0 Å². The van der Waals surface area contributed by atoms with Gasteiger partial charge in [-0.2, -0.15) is 4.98 Å². The Morgan fingerprint density at radius 3 is 2.95 bits per heavy atom. The van der Waals surface area contributed by atoms with E-state index >= 15 is 0 Å². The van der Waals surface area contributed by atoms with Gasteiger partial charge in [0.25, 0.3) is 0 Å². The highest BCUT2D eigenvalue weighted by molar-refractivity contribution is 5.57. The van der Waals surface area contributed by atoms with E-state index < -0.39 is 0 Å². The maximum absolute atomic E-state index is 9.44. The normalized spacial score (nSPS) is 10.7. The van der Waals surface area contributed by atoms with E-state index in [0.29, 0.717) is 18.1 Å². The molecule has 0 saturated carbocycles. The van der Waals surface area contributed by atoms with E-state index in [-0.39, 0.29) is 5.75 Å². The number of aromatic hydroxyl groups is 1. The van der Waals surface area contributed by atoms with Crippen LogP contribution in [0.5, 0.6) is 5.75 Å². The number of aromatic nitrogens is 3. The van der Waals surface area contributed by atoms with Crippen LogP contribution in [0.25, 0.3) is 11.4 Å². The van der Waals surface area contributed by atoms with Crippen LogP contribution in [0.3, 0.4) is 0 Å². The fraction of sp³-hybridized carbons (Fsp3) is 0.133. The van der Waals surface area contributed by atoms with Gasteiger partial charge in [-0.25, -0.2) is 0 Å². The van der Waals surface area contributed by atoms with Gasteiger partial charge in [0, 0.05) is 18.0 Å². The fourth-order valence-electron chi connectivity index (χ4n) is 1.98. The van der Waals surface area contributed by atoms with Gasteiger partial charge in [0.15, 0.2) is 0 Å². The van der Waals surface area contributed by atoms with E-state index in [9.17, 15) is 5.11 Å². The average molecular weight is 267 g/mol. The van der Waals surface area contributed by atoms with E-state index in [1.165, 1.54) is 0 Å². The van der Waals surface area contributed by atoms with Crippen molar-refractivity contribution in [3.63, 3.8) is 0 Å². The molecule has 100 valence electrons. The molecule has 5 heteroatoms. The van der Waals surface area contributed by atoms with Crippen molar-refractivity contribution in [3.8, 4) is 17.1 Å². The lowest BCUT2D eigenvalue weighted by Gasteiger charge is -1.98. The Morgan fingerprint density at radius 1 is 1.25 bits per heavy atom. The highest BCUT2D eigenvalue weighted by Crippen LogP contribution is 2.20. The zero-order chi connectivity index (χ0) is 13.9. The van der Waals surface area contributed by atoms with E-state index in [2.05, 4.69) is 15.1 Å². The fourth-order valence-corrected chi connectivity index (χ4v) is 1.98. The largest absolute Gasteiger partial charge is 0.508 e. The molecule has 0 spiro atoms. The second-order valence-electron chi connectivity index (χ2n) is 4.55. The first-order valence-corrected chi connectivity index (χ1v) is 6.24. The predicted octanol–water partition coefficient (Wildman–Crippen LogP) is 2.74. The van der Waals surface area contributed by atoms with Gasteiger partial charge in [-0.05, 0) is 36.2 Å². The van der Waals surface area contributed by atoms with Crippen molar-refractivity contribution >= 4 is 0 Å². The monoisotopic (exact) mass is 267 g/mol. The number of hydrogen-bond acceptors (Lipinski definition) is 5. The maximum Gasteiger partial charge on any atom is 0.231 e. The first kappa shape index (κ1) is 12.3. The van der Waals surface area contributed by atoms with Crippen molar-refractivity contribution in [2.24, 2.45) is 0 Å². The van der Waals surface area contributed by atoms with Crippen LogP contribution in [-0.4, -0.2) is 20.2 Å². The summed E-state index contributed by atoms with van der Waals surface area (Å²) in [5.74, 6) is 1.27. The Hall–Kier alpha value is -2.69. The summed E-state index contributed by atoms with van der Waals surface area (Å²) >= 11 is 0. The van der Waals surface area contributed by atoms with Gasteiger partial charge in [0.2, 0.25) is 11.7 Å². The Bertz CT molecular complexity index is 737. The van der Waals surface area contributed by atoms with Crippen molar-refractivity contribution in [1.29, 1.82) is 0 Å². The molecule has 0 saturated heterocycles. The number of phenols is 1. The first-order chi connectivity index (χ1) is 9.72. The Morgan fingerprint density at radius 2 is 2.15 bits per heavy atom. The minimum atomic E-state index is 0.227. The van der Waals surface area contributed by atoms with Gasteiger partial charge in [-0.15, -0.1) is 0 Å². The lowest BCUT2D eigenvalue weighted by atomic mass is 10.1. The predicted molar refractivity (Wildman–Crippen MR) is 73.2 cm³/mol. The minimum Gasteiger partial charge on any atom is -0.508 e. The molecule has 0 aliphatic carbocycles. The zero-order valence-electron chi connectivity index (χ0n) is 10.9. The molecular formula is C15H13N3O2. The van der Waals surface area contributed by atoms with Crippen LogP contribution in [-0.2, 0) is 6.42 Å². The van der Waals surface area contributed by atoms with Crippen LogP contribution in [0, 0.1) is 6.92 Å². The van der Waals surface area contributed by atoms with Gasteiger partial charge in [0.1, 0.15) is 5.75 Å². The summed E-state index contributed by atoms with van der Waals surface area (Å²) in [7, 11) is 0. The highest BCUT2D eigenvalue weighted by atomic mass is 16.5. The summed E-state index contributed by atoms with van der Waals surface area (Å²) in [6.45, 7) is 1.97. The second kappa shape index (κ2) is 5.13. The lowest BCUT2D eigenvalue weighted by Crippen LogP contribution is -1.89. The highest BCUT2D eigenvalue weighted by Gasteiger charge is 2.11. The zero-order valence-corrected chi connectivity index (χ0v) is 10.9. The van der Waals surface area contributed by atoms with Gasteiger partial charge in [-0.3, -0.25) is 4.98 Å². The Balaban J connectivity index is 1.86. The quantitative estimate of drug-likeness (QED) is 0.790. The van der Waals surface area contributed by atoms with Crippen molar-refractivity contribution in [1.82, 2.24) is 15.1 Å². The smallest absolute Gasteiger partial charge is 0.231 e. The SMILES string of the molecule is Cc1ccncc1-c1noc(Cc2cccc(O)c2)n1. The van der Waals surface area contributed by atoms with Crippen molar-refractivity contribution in [3.05, 3.63) is 59.7 Å². The molecule has 20 heavy (non-hydrogen) atoms. The number of aryl methyl sites for hydroxylation is 1. The number of phenolic OH excluding ortho intramolecular Hbond substituents is 1. The molecule has 1 aromatic carbocycles. The first-order valence-electron chi connectivity index (χ1n) is 6.24. The number of pyridine rings is 1. The van der Waals surface area contributed by atoms with Gasteiger partial charge < -0.3 is 9.63 Å². The molecule has 2 aromatic heterocycles. The van der Waals surface area contributed by atoms with Crippen molar-refractivity contribution in [2.75, 3.05) is 0 Å². The van der Waals surface area contributed by atoms with E-state index in [1.807, 2.05) is 19.1 Å². The van der Waals surface area contributed by atoms with Gasteiger partial charge >= 0.3 is 0 Å². The molecule has 0 aliphatic heterocycles. The molecule has 3 rings (SSSR count). The van der Waals surface area contributed by atoms with Crippen LogP contribution in [0.4, 0.5) is 0 Å². The number of rotatable bonds is 3. The molecule has 0 radical (unpaired) electrons. The molecule has 0 amide bonds. The van der Waals surface area contributed by atoms with Crippen molar-refractivity contribution < 1.29 is 9.63 Å². The molecule has 5 nitrogen and oxygen atoms in total. The third-order valence-corrected chi connectivity index (χ3v) is 3.01. The van der Waals surface area contributed by atoms with Crippen LogP contribution in [0.15, 0.2) is 47.2 Å². The molecule has 3 aromatic rings. The van der Waals surface area contributed by atoms with Crippen LogP contribution in [0.2, 0.25) is 0 Å². The number of benzene rings is 1. The minimum absolute atomic E-state index is 0.227. The maximum atomic E-state index is 9.44. The Kier molecular flexibility index (Phi) is 3.16. The third kappa shape index (κ3) is 2.51. The second-order valence-corrected chi connectivity index (χ2v) is 4.55. The molecule has 0 fully saturated rings. The van der Waals surface area contributed by atoms with Gasteiger partial charge in [0.05, 0.1) is 6.42 Å². The van der Waals surface area contributed by atoms with Crippen molar-refractivity contribution in [2.45, 2.75) is 13.3 Å². The molecule has 2 heterocycles. The van der Waals surface area contributed by atoms with E-state index in [0.717, 1.165) is 16.7 Å². The van der Waals surface area contributed by atoms with E-state index in [1.54, 1.807) is 30.6 Å². The summed E-state index contributed by atoms with van der Waals surface area (Å²) in [6.07, 6.45) is 3.94. The van der Waals surface area contributed by atoms with Crippen LogP contribution >= 0.6 is 0 Å². The summed E-state index contributed by atoms with van der Waals surface area (Å²) < 4.78 is 5.25. The number of hydrogen-bond donors (Lipinski definition) is 1. The molecule has 0 aliphatic rings. The summed E-state index contributed by atoms with van der Waals surface area (Å²) in [5.41, 5.74) is 2.83. The summed E-state index contributed by atoms with van der Waals surface area (Å²) in [4.78, 5) is 8.44. The molecule has 0 atom stereocenters. The lowest BCUT2D eigenvalue weighted by molar-refractivity contribution is 0.385. The summed E-state index contributed by atoms with van der Waals surface area (Å²) in [6, 6.07) is 8.90. The molecular weight excluding hydrogens is 254 g/mol. The van der Waals surface area contributed by atoms with Gasteiger partial charge in [-0.1, -0.05) is 17.3 Å². The standard InChI is InChI=1S/C15H13N3O2/c1-10-5-6-16-9-13(10)15-17-14(20-18-15)8-11-3-2-4-12(19)7-11/h2-7,9,19H,8H2,1H3. The summed E-state index contributed by atoms with van der Waals surface area (Å²) in [5, 5.41) is 13.4. The topological polar surface area (TPSA) is 72.0 Å². The third-order valence-electron chi connectivity index (χ3n) is 3.01.